The summed E-state index contributed by atoms with van der Waals surface area (Å²) in [4.78, 5) is 39.9. The van der Waals surface area contributed by atoms with Gasteiger partial charge in [-0.1, -0.05) is 36.4 Å². The van der Waals surface area contributed by atoms with Crippen LogP contribution in [-0.2, 0) is 4.79 Å². The molecule has 0 saturated carbocycles. The van der Waals surface area contributed by atoms with Crippen LogP contribution < -0.4 is 11.1 Å². The van der Waals surface area contributed by atoms with E-state index in [9.17, 15) is 9.59 Å². The molecule has 0 aliphatic carbocycles. The second kappa shape index (κ2) is 9.27. The highest BCUT2D eigenvalue weighted by Crippen LogP contribution is 2.30. The predicted octanol–water partition coefficient (Wildman–Crippen LogP) is 4.08. The van der Waals surface area contributed by atoms with Crippen molar-refractivity contribution in [1.82, 2.24) is 29.6 Å². The minimum Gasteiger partial charge on any atom is -0.423 e. The number of likely N-dealkylation sites (tertiary alicyclic amines) is 1. The molecular weight excluding hydrogens is 508 g/mol. The number of halogens is 1. The molecule has 4 heterocycles. The number of benzene rings is 2. The number of hydrogen-bond acceptors (Lipinski definition) is 8. The zero-order valence-electron chi connectivity index (χ0n) is 20.0. The molecule has 2 amide bonds. The quantitative estimate of drug-likeness (QED) is 0.324. The average molecular weight is 529 g/mol. The number of anilines is 2. The summed E-state index contributed by atoms with van der Waals surface area (Å²) in [5, 5.41) is 8.19. The maximum absolute atomic E-state index is 13.3. The van der Waals surface area contributed by atoms with Crippen LogP contribution in [0.2, 0.25) is 5.02 Å². The van der Waals surface area contributed by atoms with E-state index in [2.05, 4.69) is 31.9 Å². The highest BCUT2D eigenvalue weighted by molar-refractivity contribution is 6.30. The molecule has 1 atom stereocenters. The fourth-order valence-corrected chi connectivity index (χ4v) is 4.76. The van der Waals surface area contributed by atoms with Gasteiger partial charge >= 0.3 is 6.01 Å². The average Bonchev–Trinajstić information content (AvgIpc) is 3.65. The van der Waals surface area contributed by atoms with Gasteiger partial charge in [0.25, 0.3) is 5.91 Å². The molecule has 1 fully saturated rings. The molecule has 0 spiro atoms. The van der Waals surface area contributed by atoms with Crippen LogP contribution in [0.25, 0.3) is 33.3 Å². The predicted molar refractivity (Wildman–Crippen MR) is 143 cm³/mol. The van der Waals surface area contributed by atoms with Gasteiger partial charge in [-0.25, -0.2) is 14.6 Å². The highest BCUT2D eigenvalue weighted by atomic mass is 35.5. The Balaban J connectivity index is 1.30. The number of aromatic nitrogens is 5. The molecular formula is C26H21ClN8O3. The van der Waals surface area contributed by atoms with E-state index in [4.69, 9.17) is 21.8 Å². The van der Waals surface area contributed by atoms with Crippen molar-refractivity contribution < 1.29 is 14.0 Å². The fourth-order valence-electron chi connectivity index (χ4n) is 4.64. The Labute approximate surface area is 220 Å². The first-order valence-electron chi connectivity index (χ1n) is 11.8. The van der Waals surface area contributed by atoms with Crippen molar-refractivity contribution in [3.8, 4) is 11.1 Å². The van der Waals surface area contributed by atoms with Gasteiger partial charge in [-0.3, -0.25) is 14.9 Å². The van der Waals surface area contributed by atoms with Crippen LogP contribution >= 0.6 is 11.6 Å². The van der Waals surface area contributed by atoms with Crippen molar-refractivity contribution in [3.63, 3.8) is 0 Å². The summed E-state index contributed by atoms with van der Waals surface area (Å²) in [5.74, 6) is -0.614. The summed E-state index contributed by atoms with van der Waals surface area (Å²) in [6, 6.07) is 12.8. The molecule has 1 aliphatic heterocycles. The molecule has 190 valence electrons. The molecule has 1 saturated heterocycles. The fraction of sp³-hybridized carbons (Fsp3) is 0.154. The number of nitrogen functional groups attached to an aromatic ring is 1. The largest absolute Gasteiger partial charge is 0.423 e. The summed E-state index contributed by atoms with van der Waals surface area (Å²) in [6.45, 7) is 4.50. The van der Waals surface area contributed by atoms with E-state index < -0.39 is 5.91 Å². The van der Waals surface area contributed by atoms with Gasteiger partial charge in [-0.2, -0.15) is 10.1 Å². The zero-order valence-corrected chi connectivity index (χ0v) is 20.7. The lowest BCUT2D eigenvalue weighted by Gasteiger charge is -2.14. The van der Waals surface area contributed by atoms with Crippen molar-refractivity contribution in [2.24, 2.45) is 0 Å². The van der Waals surface area contributed by atoms with E-state index in [0.29, 0.717) is 46.7 Å². The van der Waals surface area contributed by atoms with Crippen LogP contribution in [0.15, 0.2) is 65.9 Å². The Morgan fingerprint density at radius 1 is 1.16 bits per heavy atom. The van der Waals surface area contributed by atoms with Crippen LogP contribution in [0.4, 0.5) is 11.8 Å². The van der Waals surface area contributed by atoms with E-state index in [1.807, 2.05) is 36.4 Å². The summed E-state index contributed by atoms with van der Waals surface area (Å²) < 4.78 is 7.39. The molecule has 1 unspecified atom stereocenters. The molecule has 38 heavy (non-hydrogen) atoms. The molecule has 1 aliphatic rings. The van der Waals surface area contributed by atoms with E-state index >= 15 is 0 Å². The summed E-state index contributed by atoms with van der Waals surface area (Å²) in [6.07, 6.45) is 3.24. The number of nitrogens with two attached hydrogens (primary N) is 1. The van der Waals surface area contributed by atoms with Crippen LogP contribution in [0.3, 0.4) is 0 Å². The van der Waals surface area contributed by atoms with Gasteiger partial charge in [0.1, 0.15) is 17.7 Å². The molecule has 5 aromatic rings. The monoisotopic (exact) mass is 528 g/mol. The Bertz CT molecular complexity index is 1730. The highest BCUT2D eigenvalue weighted by Gasteiger charge is 2.31. The van der Waals surface area contributed by atoms with Gasteiger partial charge in [0.05, 0.1) is 11.4 Å². The SMILES string of the molecule is C=CC(=O)N1CCC(n2nc(C(=O)Nc3nc4cc(-c5ccc(Cl)cc5)ccc4o3)c3c(N)ncnc32)C1. The Hall–Kier alpha value is -4.77. The Morgan fingerprint density at radius 2 is 1.95 bits per heavy atom. The van der Waals surface area contributed by atoms with Crippen molar-refractivity contribution in [1.29, 1.82) is 0 Å². The number of oxazole rings is 1. The van der Waals surface area contributed by atoms with Gasteiger partial charge < -0.3 is 15.1 Å². The number of rotatable bonds is 5. The molecule has 6 rings (SSSR count). The first kappa shape index (κ1) is 23.6. The Morgan fingerprint density at radius 3 is 2.74 bits per heavy atom. The molecule has 0 bridgehead atoms. The number of hydrogen-bond donors (Lipinski definition) is 2. The summed E-state index contributed by atoms with van der Waals surface area (Å²) >= 11 is 6.00. The first-order chi connectivity index (χ1) is 18.4. The van der Waals surface area contributed by atoms with Crippen LogP contribution in [0, 0.1) is 0 Å². The maximum atomic E-state index is 13.3. The lowest BCUT2D eigenvalue weighted by Crippen LogP contribution is -2.27. The molecule has 3 aromatic heterocycles. The van der Waals surface area contributed by atoms with Crippen molar-refractivity contribution in [3.05, 3.63) is 72.2 Å². The van der Waals surface area contributed by atoms with E-state index in [0.717, 1.165) is 11.1 Å². The lowest BCUT2D eigenvalue weighted by atomic mass is 10.1. The third-order valence-corrected chi connectivity index (χ3v) is 6.77. The minimum atomic E-state index is -0.572. The Kier molecular flexibility index (Phi) is 5.76. The second-order valence-corrected chi connectivity index (χ2v) is 9.28. The van der Waals surface area contributed by atoms with E-state index in [-0.39, 0.29) is 29.5 Å². The number of carbonyl (C=O) groups excluding carboxylic acids is 2. The number of nitrogens with one attached hydrogen (secondary N) is 1. The minimum absolute atomic E-state index is 0.0139. The summed E-state index contributed by atoms with van der Waals surface area (Å²) in [7, 11) is 0. The normalized spacial score (nSPS) is 15.3. The van der Waals surface area contributed by atoms with Crippen LogP contribution in [0.5, 0.6) is 0 Å². The molecule has 3 N–H and O–H groups in total. The van der Waals surface area contributed by atoms with Crippen molar-refractivity contribution >= 4 is 57.4 Å². The smallest absolute Gasteiger partial charge is 0.302 e. The number of amides is 2. The standard InChI is InChI=1S/C26H21ClN8O3/c1-2-20(36)34-10-9-17(12-34)35-24-21(23(28)29-13-30-24)22(33-35)25(37)32-26-31-18-11-15(5-8-19(18)38-26)14-3-6-16(27)7-4-14/h2-8,11,13,17H,1,9-10,12H2,(H2,28,29,30)(H,31,32,37). The van der Waals surface area contributed by atoms with Gasteiger partial charge in [0.2, 0.25) is 5.91 Å². The molecule has 0 radical (unpaired) electrons. The zero-order chi connectivity index (χ0) is 26.4. The number of carbonyl (C=O) groups is 2. The van der Waals surface area contributed by atoms with Gasteiger partial charge in [0, 0.05) is 18.1 Å². The lowest BCUT2D eigenvalue weighted by molar-refractivity contribution is -0.125. The van der Waals surface area contributed by atoms with E-state index in [1.54, 1.807) is 15.6 Å². The van der Waals surface area contributed by atoms with E-state index in [1.165, 1.54) is 12.4 Å². The van der Waals surface area contributed by atoms with Gasteiger partial charge in [0.15, 0.2) is 16.9 Å². The van der Waals surface area contributed by atoms with Crippen molar-refractivity contribution in [2.75, 3.05) is 24.1 Å². The third-order valence-electron chi connectivity index (χ3n) is 6.51. The number of fused-ring (bicyclic) bond motifs is 2. The van der Waals surface area contributed by atoms with Crippen molar-refractivity contribution in [2.45, 2.75) is 12.5 Å². The van der Waals surface area contributed by atoms with Gasteiger partial charge in [-0.05, 0) is 47.9 Å². The molecule has 12 heteroatoms. The molecule has 11 nitrogen and oxygen atoms in total. The first-order valence-corrected chi connectivity index (χ1v) is 12.2. The number of nitrogens with zero attached hydrogens (tertiary/aromatic N) is 6. The third kappa shape index (κ3) is 4.12. The van der Waals surface area contributed by atoms with Gasteiger partial charge in [-0.15, -0.1) is 0 Å². The molecule has 2 aromatic carbocycles. The van der Waals surface area contributed by atoms with Crippen LogP contribution in [-0.4, -0.2) is 54.5 Å². The topological polar surface area (TPSA) is 145 Å². The maximum Gasteiger partial charge on any atom is 0.302 e. The van der Waals surface area contributed by atoms with Crippen LogP contribution in [0.1, 0.15) is 23.0 Å². The summed E-state index contributed by atoms with van der Waals surface area (Å²) in [5.41, 5.74) is 9.55. The second-order valence-electron chi connectivity index (χ2n) is 8.84.